The number of nitrogen functional groups attached to an aromatic ring is 1. The molecule has 1 aliphatic rings. The quantitative estimate of drug-likeness (QED) is 0.817. The van der Waals surface area contributed by atoms with Gasteiger partial charge in [-0.2, -0.15) is 0 Å². The summed E-state index contributed by atoms with van der Waals surface area (Å²) < 4.78 is 13.2. The number of hydrogen-bond donors (Lipinski definition) is 1. The van der Waals surface area contributed by atoms with Crippen LogP contribution in [0, 0.1) is 17.7 Å². The topological polar surface area (TPSA) is 46.3 Å². The number of amides is 1. The van der Waals surface area contributed by atoms with Crippen LogP contribution in [0.2, 0.25) is 0 Å². The maximum Gasteiger partial charge on any atom is 0.253 e. The molecule has 0 saturated heterocycles. The number of carbonyl (C=O) groups is 1. The van der Waals surface area contributed by atoms with E-state index in [-0.39, 0.29) is 11.6 Å². The highest BCUT2D eigenvalue weighted by Gasteiger charge is 2.34. The molecule has 0 aromatic heterocycles. The van der Waals surface area contributed by atoms with Gasteiger partial charge in [0, 0.05) is 19.2 Å². The molecule has 1 fully saturated rings. The highest BCUT2D eigenvalue weighted by atomic mass is 19.1. The van der Waals surface area contributed by atoms with E-state index >= 15 is 0 Å². The summed E-state index contributed by atoms with van der Waals surface area (Å²) in [5.74, 6) is 0.614. The largest absolute Gasteiger partial charge is 0.396 e. The predicted octanol–water partition coefficient (Wildman–Crippen LogP) is 2.14. The molecule has 1 saturated carbocycles. The van der Waals surface area contributed by atoms with E-state index in [9.17, 15) is 9.18 Å². The Morgan fingerprint density at radius 2 is 2.24 bits per heavy atom. The lowest BCUT2D eigenvalue weighted by Crippen LogP contribution is -2.29. The van der Waals surface area contributed by atoms with Gasteiger partial charge < -0.3 is 10.6 Å². The van der Waals surface area contributed by atoms with E-state index in [1.165, 1.54) is 18.6 Å². The molecule has 2 atom stereocenters. The SMILES string of the molecule is CC1CC1CN(C)C(=O)c1ccc(N)c(F)c1. The Bertz CT molecular complexity index is 447. The van der Waals surface area contributed by atoms with Crippen molar-refractivity contribution in [1.82, 2.24) is 4.90 Å². The van der Waals surface area contributed by atoms with E-state index in [0.717, 1.165) is 6.54 Å². The number of benzene rings is 1. The lowest BCUT2D eigenvalue weighted by Gasteiger charge is -2.17. The number of anilines is 1. The maximum absolute atomic E-state index is 13.2. The third-order valence-corrected chi connectivity index (χ3v) is 3.38. The monoisotopic (exact) mass is 236 g/mol. The van der Waals surface area contributed by atoms with Crippen molar-refractivity contribution in [3.05, 3.63) is 29.6 Å². The van der Waals surface area contributed by atoms with Gasteiger partial charge in [0.25, 0.3) is 5.91 Å². The van der Waals surface area contributed by atoms with Crippen LogP contribution in [0.5, 0.6) is 0 Å². The van der Waals surface area contributed by atoms with Crippen molar-refractivity contribution >= 4 is 11.6 Å². The fraction of sp³-hybridized carbons (Fsp3) is 0.462. The van der Waals surface area contributed by atoms with Crippen molar-refractivity contribution in [2.45, 2.75) is 13.3 Å². The lowest BCUT2D eigenvalue weighted by molar-refractivity contribution is 0.0786. The summed E-state index contributed by atoms with van der Waals surface area (Å²) in [5.41, 5.74) is 5.80. The minimum absolute atomic E-state index is 0.0695. The molecule has 0 heterocycles. The van der Waals surface area contributed by atoms with Gasteiger partial charge in [-0.3, -0.25) is 4.79 Å². The molecular weight excluding hydrogens is 219 g/mol. The molecule has 2 N–H and O–H groups in total. The number of nitrogens with zero attached hydrogens (tertiary/aromatic N) is 1. The second-order valence-electron chi connectivity index (χ2n) is 4.90. The van der Waals surface area contributed by atoms with Crippen LogP contribution in [0.4, 0.5) is 10.1 Å². The maximum atomic E-state index is 13.2. The zero-order valence-electron chi connectivity index (χ0n) is 10.1. The first kappa shape index (κ1) is 11.9. The zero-order chi connectivity index (χ0) is 12.6. The van der Waals surface area contributed by atoms with Gasteiger partial charge in [-0.25, -0.2) is 4.39 Å². The van der Waals surface area contributed by atoms with Gasteiger partial charge in [0.15, 0.2) is 0 Å². The third kappa shape index (κ3) is 2.57. The third-order valence-electron chi connectivity index (χ3n) is 3.38. The molecule has 2 rings (SSSR count). The van der Waals surface area contributed by atoms with Gasteiger partial charge in [0.05, 0.1) is 5.69 Å². The first-order valence-corrected chi connectivity index (χ1v) is 5.79. The summed E-state index contributed by atoms with van der Waals surface area (Å²) in [5, 5.41) is 0. The van der Waals surface area contributed by atoms with Crippen LogP contribution in [0.1, 0.15) is 23.7 Å². The van der Waals surface area contributed by atoms with E-state index in [4.69, 9.17) is 5.73 Å². The van der Waals surface area contributed by atoms with Crippen LogP contribution in [0.25, 0.3) is 0 Å². The molecule has 0 aliphatic heterocycles. The molecule has 1 aromatic rings. The molecule has 0 radical (unpaired) electrons. The smallest absolute Gasteiger partial charge is 0.253 e. The fourth-order valence-electron chi connectivity index (χ4n) is 1.97. The van der Waals surface area contributed by atoms with Crippen molar-refractivity contribution in [3.63, 3.8) is 0 Å². The van der Waals surface area contributed by atoms with Gasteiger partial charge >= 0.3 is 0 Å². The van der Waals surface area contributed by atoms with Crippen molar-refractivity contribution < 1.29 is 9.18 Å². The average molecular weight is 236 g/mol. The number of rotatable bonds is 3. The number of hydrogen-bond acceptors (Lipinski definition) is 2. The number of nitrogens with two attached hydrogens (primary N) is 1. The Morgan fingerprint density at radius 1 is 1.59 bits per heavy atom. The van der Waals surface area contributed by atoms with E-state index in [2.05, 4.69) is 6.92 Å². The average Bonchev–Trinajstić information content (AvgIpc) is 2.97. The molecule has 4 heteroatoms. The summed E-state index contributed by atoms with van der Waals surface area (Å²) in [6.45, 7) is 2.91. The first-order chi connectivity index (χ1) is 7.99. The summed E-state index contributed by atoms with van der Waals surface area (Å²) in [6, 6.07) is 4.19. The Labute approximate surface area is 100 Å². The minimum Gasteiger partial charge on any atom is -0.396 e. The van der Waals surface area contributed by atoms with E-state index in [0.29, 0.717) is 17.4 Å². The Hall–Kier alpha value is -1.58. The summed E-state index contributed by atoms with van der Waals surface area (Å²) in [4.78, 5) is 13.6. The van der Waals surface area contributed by atoms with Crippen LogP contribution in [0.15, 0.2) is 18.2 Å². The zero-order valence-corrected chi connectivity index (χ0v) is 10.1. The molecule has 0 spiro atoms. The Balaban J connectivity index is 2.05. The van der Waals surface area contributed by atoms with E-state index in [1.54, 1.807) is 18.0 Å². The van der Waals surface area contributed by atoms with E-state index in [1.807, 2.05) is 0 Å². The van der Waals surface area contributed by atoms with Crippen molar-refractivity contribution in [2.24, 2.45) is 11.8 Å². The lowest BCUT2D eigenvalue weighted by atomic mass is 10.1. The Kier molecular flexibility index (Phi) is 3.05. The van der Waals surface area contributed by atoms with E-state index < -0.39 is 5.82 Å². The molecule has 3 nitrogen and oxygen atoms in total. The number of halogens is 1. The molecule has 1 amide bonds. The van der Waals surface area contributed by atoms with Gasteiger partial charge in [-0.1, -0.05) is 6.92 Å². The Morgan fingerprint density at radius 3 is 2.76 bits per heavy atom. The second kappa shape index (κ2) is 4.35. The molecule has 1 aliphatic carbocycles. The second-order valence-corrected chi connectivity index (χ2v) is 4.90. The van der Waals surface area contributed by atoms with Gasteiger partial charge in [0.1, 0.15) is 5.82 Å². The normalized spacial score (nSPS) is 22.3. The van der Waals surface area contributed by atoms with Crippen LogP contribution in [0.3, 0.4) is 0 Å². The highest BCUT2D eigenvalue weighted by Crippen LogP contribution is 2.38. The minimum atomic E-state index is -0.538. The molecular formula is C13H17FN2O. The molecule has 0 bridgehead atoms. The number of carbonyl (C=O) groups excluding carboxylic acids is 1. The van der Waals surface area contributed by atoms with Crippen LogP contribution >= 0.6 is 0 Å². The molecule has 1 aromatic carbocycles. The molecule has 92 valence electrons. The summed E-state index contributed by atoms with van der Waals surface area (Å²) in [7, 11) is 1.75. The first-order valence-electron chi connectivity index (χ1n) is 5.79. The standard InChI is InChI=1S/C13H17FN2O/c1-8-5-10(8)7-16(2)13(17)9-3-4-12(15)11(14)6-9/h3-4,6,8,10H,5,7,15H2,1-2H3. The molecule has 17 heavy (non-hydrogen) atoms. The van der Waals surface area contributed by atoms with Crippen molar-refractivity contribution in [3.8, 4) is 0 Å². The van der Waals surface area contributed by atoms with Crippen LogP contribution in [-0.2, 0) is 0 Å². The summed E-state index contributed by atoms with van der Waals surface area (Å²) in [6.07, 6.45) is 1.17. The van der Waals surface area contributed by atoms with Gasteiger partial charge in [0.2, 0.25) is 0 Å². The van der Waals surface area contributed by atoms with Crippen molar-refractivity contribution in [1.29, 1.82) is 0 Å². The summed E-state index contributed by atoms with van der Waals surface area (Å²) >= 11 is 0. The molecule has 2 unspecified atom stereocenters. The predicted molar refractivity (Wildman–Crippen MR) is 65.0 cm³/mol. The van der Waals surface area contributed by atoms with Gasteiger partial charge in [-0.15, -0.1) is 0 Å². The van der Waals surface area contributed by atoms with Crippen LogP contribution < -0.4 is 5.73 Å². The van der Waals surface area contributed by atoms with Crippen molar-refractivity contribution in [2.75, 3.05) is 19.3 Å². The highest BCUT2D eigenvalue weighted by molar-refractivity contribution is 5.94. The van der Waals surface area contributed by atoms with Crippen LogP contribution in [-0.4, -0.2) is 24.4 Å². The fourth-order valence-corrected chi connectivity index (χ4v) is 1.97. The van der Waals surface area contributed by atoms with Gasteiger partial charge in [-0.05, 0) is 36.5 Å².